The van der Waals surface area contributed by atoms with Crippen molar-refractivity contribution in [3.05, 3.63) is 0 Å². The second-order valence-corrected chi connectivity index (χ2v) is 18.1. The lowest BCUT2D eigenvalue weighted by molar-refractivity contribution is -0.317. The first-order valence-corrected chi connectivity index (χ1v) is 21.2. The second kappa shape index (κ2) is 20.7. The van der Waals surface area contributed by atoms with E-state index in [0.717, 1.165) is 12.8 Å². The fourth-order valence-electron chi connectivity index (χ4n) is 9.14. The van der Waals surface area contributed by atoms with Gasteiger partial charge in [-0.15, -0.1) is 0 Å². The van der Waals surface area contributed by atoms with Gasteiger partial charge >= 0.3 is 12.1 Å². The number of ether oxygens (including phenoxy) is 7. The summed E-state index contributed by atoms with van der Waals surface area (Å²) in [4.78, 5) is 42.9. The van der Waals surface area contributed by atoms with Crippen LogP contribution in [0, 0.1) is 23.7 Å². The minimum absolute atomic E-state index is 0.0576. The molecule has 3 heterocycles. The number of nitrogens with zero attached hydrogens (tertiary/aromatic N) is 1. The first-order chi connectivity index (χ1) is 26.9. The fourth-order valence-corrected chi connectivity index (χ4v) is 9.14. The number of unbranched alkanes of at least 4 members (excludes halogenated alkanes) is 1. The number of alkyl carbamates (subject to hydrolysis) is 1. The zero-order valence-corrected chi connectivity index (χ0v) is 37.4. The van der Waals surface area contributed by atoms with E-state index in [-0.39, 0.29) is 31.4 Å². The molecule has 5 N–H and O–H groups in total. The number of amides is 1. The number of carbonyl (C=O) groups is 3. The number of Topliss-reactive ketones (excluding diaryl/α,β-unsaturated/α-hetero) is 1. The van der Waals surface area contributed by atoms with Crippen LogP contribution in [0.1, 0.15) is 115 Å². The maximum atomic E-state index is 14.3. The molecule has 0 bridgehead atoms. The summed E-state index contributed by atoms with van der Waals surface area (Å²) in [6, 6.07) is -0.345. The van der Waals surface area contributed by atoms with Gasteiger partial charge in [0, 0.05) is 43.9 Å². The summed E-state index contributed by atoms with van der Waals surface area (Å²) in [7, 11) is 5.19. The molecule has 0 saturated carbocycles. The Balaban J connectivity index is 2.14. The molecule has 0 aromatic carbocycles. The van der Waals surface area contributed by atoms with Gasteiger partial charge in [-0.2, -0.15) is 0 Å². The molecule has 18 atom stereocenters. The summed E-state index contributed by atoms with van der Waals surface area (Å²) in [6.07, 6.45) is -8.89. The quantitative estimate of drug-likeness (QED) is 0.149. The van der Waals surface area contributed by atoms with E-state index < -0.39 is 114 Å². The van der Waals surface area contributed by atoms with Crippen molar-refractivity contribution < 1.29 is 68.0 Å². The molecule has 0 aromatic rings. The van der Waals surface area contributed by atoms with Crippen LogP contribution in [0.2, 0.25) is 0 Å². The van der Waals surface area contributed by atoms with E-state index in [4.69, 9.17) is 33.2 Å². The van der Waals surface area contributed by atoms with Crippen molar-refractivity contribution in [2.45, 2.75) is 199 Å². The van der Waals surface area contributed by atoms with Gasteiger partial charge < -0.3 is 63.8 Å². The van der Waals surface area contributed by atoms with Crippen LogP contribution < -0.4 is 5.32 Å². The first-order valence-electron chi connectivity index (χ1n) is 21.2. The number of aliphatic hydroxyl groups is 4. The number of hydrogen-bond acceptors (Lipinski definition) is 15. The van der Waals surface area contributed by atoms with Gasteiger partial charge in [0.1, 0.15) is 29.2 Å². The van der Waals surface area contributed by atoms with Crippen molar-refractivity contribution in [1.82, 2.24) is 10.2 Å². The summed E-state index contributed by atoms with van der Waals surface area (Å²) in [6.45, 7) is 18.9. The zero-order chi connectivity index (χ0) is 44.1. The van der Waals surface area contributed by atoms with Crippen molar-refractivity contribution in [2.75, 3.05) is 27.7 Å². The second-order valence-electron chi connectivity index (χ2n) is 18.1. The highest BCUT2D eigenvalue weighted by atomic mass is 16.7. The third-order valence-electron chi connectivity index (χ3n) is 12.8. The topological polar surface area (TPSA) is 212 Å². The Morgan fingerprint density at radius 2 is 1.57 bits per heavy atom. The van der Waals surface area contributed by atoms with Gasteiger partial charge in [-0.3, -0.25) is 9.59 Å². The average molecular weight is 833 g/mol. The van der Waals surface area contributed by atoms with Crippen LogP contribution >= 0.6 is 0 Å². The number of esters is 1. The lowest BCUT2D eigenvalue weighted by atomic mass is 9.74. The molecule has 0 aromatic heterocycles. The molecule has 16 nitrogen and oxygen atoms in total. The monoisotopic (exact) mass is 833 g/mol. The number of ketones is 1. The van der Waals surface area contributed by atoms with Crippen LogP contribution in [-0.2, 0) is 42.7 Å². The Bertz CT molecular complexity index is 1350. The molecule has 58 heavy (non-hydrogen) atoms. The minimum Gasteiger partial charge on any atom is -0.459 e. The molecule has 3 saturated heterocycles. The molecule has 1 amide bonds. The molecule has 16 heteroatoms. The van der Waals surface area contributed by atoms with Crippen LogP contribution in [0.25, 0.3) is 0 Å². The van der Waals surface area contributed by atoms with Gasteiger partial charge in [0.25, 0.3) is 0 Å². The van der Waals surface area contributed by atoms with Crippen LogP contribution in [-0.4, -0.2) is 155 Å². The molecule has 0 spiro atoms. The molecule has 3 fully saturated rings. The van der Waals surface area contributed by atoms with E-state index >= 15 is 0 Å². The Morgan fingerprint density at radius 1 is 0.931 bits per heavy atom. The van der Waals surface area contributed by atoms with Crippen LogP contribution in [0.5, 0.6) is 0 Å². The number of nitrogens with one attached hydrogen (secondary N) is 1. The van der Waals surface area contributed by atoms with Crippen molar-refractivity contribution in [1.29, 1.82) is 0 Å². The Hall–Kier alpha value is -1.99. The third kappa shape index (κ3) is 11.7. The number of likely N-dealkylation sites (N-methyl/N-ethyl adjacent to an activating group) is 1. The number of aliphatic hydroxyl groups excluding tert-OH is 2. The summed E-state index contributed by atoms with van der Waals surface area (Å²) >= 11 is 0. The maximum Gasteiger partial charge on any atom is 0.407 e. The third-order valence-corrected chi connectivity index (χ3v) is 12.8. The van der Waals surface area contributed by atoms with Crippen molar-refractivity contribution in [3.8, 4) is 0 Å². The number of hydrogen-bond donors (Lipinski definition) is 5. The van der Waals surface area contributed by atoms with Gasteiger partial charge in [-0.05, 0) is 81.3 Å². The predicted octanol–water partition coefficient (Wildman–Crippen LogP) is 3.32. The van der Waals surface area contributed by atoms with Crippen LogP contribution in [0.3, 0.4) is 0 Å². The molecule has 3 aliphatic rings. The van der Waals surface area contributed by atoms with Crippen LogP contribution in [0.4, 0.5) is 4.79 Å². The summed E-state index contributed by atoms with van der Waals surface area (Å²) in [5, 5.41) is 49.9. The summed E-state index contributed by atoms with van der Waals surface area (Å²) < 4.78 is 43.7. The normalized spacial score (nSPS) is 45.0. The highest BCUT2D eigenvalue weighted by Crippen LogP contribution is 2.41. The average Bonchev–Trinajstić information content (AvgIpc) is 3.15. The van der Waals surface area contributed by atoms with E-state index in [2.05, 4.69) is 5.32 Å². The number of carbonyl (C=O) groups excluding carboxylic acids is 3. The molecule has 0 radical (unpaired) electrons. The number of methoxy groups -OCH3 is 1. The van der Waals surface area contributed by atoms with E-state index in [1.807, 2.05) is 32.8 Å². The molecular weight excluding hydrogens is 756 g/mol. The van der Waals surface area contributed by atoms with E-state index in [0.29, 0.717) is 13.0 Å². The number of cyclic esters (lactones) is 1. The lowest BCUT2D eigenvalue weighted by Crippen LogP contribution is -2.61. The Kier molecular flexibility index (Phi) is 18.0. The van der Waals surface area contributed by atoms with Crippen molar-refractivity contribution in [3.63, 3.8) is 0 Å². The standard InChI is InChI=1S/C42H76N2O14/c1-15-17-18-43-39(49)58-36-27(8)54-30(21-41(36,10)52-14)56-33-25(6)35(57-38-32(46)28(44(12)13)19-23(4)53-38)40(9,50)20-22(3)31(45)24(5)34(47)42(11,51)29(16-2)55-37(48)26(33)7/h22-30,32-36,38,46-47,50-51H,15-21H2,1-14H3,(H,43,49)/t22-,23-,24+,25+,26-,27+,28+,29-,30+,32-,33+,34-,35-,36+,38+,40+,41-,42-/m1/s1. The molecule has 338 valence electrons. The van der Waals surface area contributed by atoms with Gasteiger partial charge in [-0.1, -0.05) is 41.0 Å². The zero-order valence-electron chi connectivity index (χ0n) is 37.4. The molecule has 3 rings (SSSR count). The van der Waals surface area contributed by atoms with E-state index in [9.17, 15) is 34.8 Å². The van der Waals surface area contributed by atoms with E-state index in [1.54, 1.807) is 41.5 Å². The largest absolute Gasteiger partial charge is 0.459 e. The molecule has 0 aliphatic carbocycles. The molecule has 3 aliphatic heterocycles. The Labute approximate surface area is 345 Å². The number of rotatable bonds is 11. The van der Waals surface area contributed by atoms with Crippen molar-refractivity contribution >= 4 is 17.8 Å². The lowest BCUT2D eigenvalue weighted by Gasteiger charge is -2.49. The van der Waals surface area contributed by atoms with Crippen LogP contribution in [0.15, 0.2) is 0 Å². The first kappa shape index (κ1) is 50.4. The van der Waals surface area contributed by atoms with Crippen molar-refractivity contribution in [2.24, 2.45) is 23.7 Å². The van der Waals surface area contributed by atoms with E-state index in [1.165, 1.54) is 27.9 Å². The maximum absolute atomic E-state index is 14.3. The SMILES string of the molecule is CCCCNC(=O)O[C@H]1[C@H](C)O[C@@H](O[C@H]2[C@H](C)[C@@H](O[C@@H]3O[C@H](C)C[C@H](N(C)C)[C@H]3O)[C@@](C)(O)C[C@@H](C)C(=O)[C@H](C)[C@@H](O)[C@](C)(O)[C@@H](CC)OC(=O)[C@@H]2C)C[C@@]1(C)OC. The van der Waals surface area contributed by atoms with Gasteiger partial charge in [-0.25, -0.2) is 4.79 Å². The minimum atomic E-state index is -2.02. The van der Waals surface area contributed by atoms with Gasteiger partial charge in [0.15, 0.2) is 18.7 Å². The van der Waals surface area contributed by atoms with Gasteiger partial charge in [0.2, 0.25) is 0 Å². The predicted molar refractivity (Wildman–Crippen MR) is 213 cm³/mol. The smallest absolute Gasteiger partial charge is 0.407 e. The fraction of sp³-hybridized carbons (Fsp3) is 0.929. The van der Waals surface area contributed by atoms with Gasteiger partial charge in [0.05, 0.1) is 42.0 Å². The highest BCUT2D eigenvalue weighted by molar-refractivity contribution is 5.83. The summed E-state index contributed by atoms with van der Waals surface area (Å²) in [5.41, 5.74) is -4.95. The molecular formula is C42H76N2O14. The Morgan fingerprint density at radius 3 is 2.14 bits per heavy atom. The molecule has 0 unspecified atom stereocenters. The highest BCUT2D eigenvalue weighted by Gasteiger charge is 2.54. The summed E-state index contributed by atoms with van der Waals surface area (Å²) in [5.74, 6) is -5.13.